The van der Waals surface area contributed by atoms with Gasteiger partial charge in [-0.05, 0) is 0 Å². The molecular formula is C11H22N2O6S. The van der Waals surface area contributed by atoms with E-state index in [0.717, 1.165) is 4.90 Å². The lowest BCUT2D eigenvalue weighted by molar-refractivity contribution is -0.143. The van der Waals surface area contributed by atoms with Gasteiger partial charge < -0.3 is 14.7 Å². The molecule has 0 heterocycles. The highest BCUT2D eigenvalue weighted by molar-refractivity contribution is 7.89. The van der Waals surface area contributed by atoms with Crippen LogP contribution in [0.15, 0.2) is 0 Å². The predicted molar refractivity (Wildman–Crippen MR) is 72.8 cm³/mol. The molecule has 0 aliphatic rings. The molecular weight excluding hydrogens is 288 g/mol. The van der Waals surface area contributed by atoms with Crippen molar-refractivity contribution in [2.45, 2.75) is 13.8 Å². The molecule has 0 aromatic heterocycles. The molecule has 20 heavy (non-hydrogen) atoms. The van der Waals surface area contributed by atoms with E-state index in [1.807, 2.05) is 0 Å². The Labute approximate surface area is 119 Å². The topological polar surface area (TPSA) is 104 Å². The van der Waals surface area contributed by atoms with Gasteiger partial charge in [0.05, 0.1) is 6.61 Å². The van der Waals surface area contributed by atoms with Gasteiger partial charge in [-0.1, -0.05) is 13.8 Å². The summed E-state index contributed by atoms with van der Waals surface area (Å²) < 4.78 is 29.9. The minimum Gasteiger partial charge on any atom is -0.480 e. The van der Waals surface area contributed by atoms with E-state index in [4.69, 9.17) is 9.84 Å². The van der Waals surface area contributed by atoms with Crippen molar-refractivity contribution in [3.8, 4) is 0 Å². The van der Waals surface area contributed by atoms with Crippen LogP contribution in [-0.2, 0) is 24.3 Å². The Hall–Kier alpha value is -1.19. The van der Waals surface area contributed by atoms with Gasteiger partial charge >= 0.3 is 5.97 Å². The van der Waals surface area contributed by atoms with E-state index in [1.54, 1.807) is 13.8 Å². The second-order valence-corrected chi connectivity index (χ2v) is 6.01. The van der Waals surface area contributed by atoms with E-state index in [1.165, 1.54) is 11.4 Å². The molecule has 0 aromatic rings. The van der Waals surface area contributed by atoms with Crippen molar-refractivity contribution >= 4 is 21.9 Å². The summed E-state index contributed by atoms with van der Waals surface area (Å²) in [5.41, 5.74) is 0. The first-order valence-electron chi connectivity index (χ1n) is 6.24. The lowest BCUT2D eigenvalue weighted by Gasteiger charge is -2.23. The van der Waals surface area contributed by atoms with Crippen LogP contribution in [0.4, 0.5) is 0 Å². The standard InChI is InChI=1S/C11H22N2O6S/c1-4-13(5-2)20(17,18)9-10(14)12(6-7-19-3)8-11(15)16/h4-9H2,1-3H3,(H,15,16). The zero-order chi connectivity index (χ0) is 15.8. The number of hydrogen-bond donors (Lipinski definition) is 1. The van der Waals surface area contributed by atoms with Gasteiger partial charge in [0.1, 0.15) is 12.3 Å². The first-order chi connectivity index (χ1) is 9.28. The molecule has 0 aromatic carbocycles. The fraction of sp³-hybridized carbons (Fsp3) is 0.818. The van der Waals surface area contributed by atoms with E-state index >= 15 is 0 Å². The summed E-state index contributed by atoms with van der Waals surface area (Å²) in [6, 6.07) is 0. The predicted octanol–water partition coefficient (Wildman–Crippen LogP) is -0.782. The monoisotopic (exact) mass is 310 g/mol. The summed E-state index contributed by atoms with van der Waals surface area (Å²) in [4.78, 5) is 23.6. The van der Waals surface area contributed by atoms with Crippen LogP contribution in [0.1, 0.15) is 13.8 Å². The Kier molecular flexibility index (Phi) is 8.35. The highest BCUT2D eigenvalue weighted by atomic mass is 32.2. The number of carboxylic acid groups (broad SMARTS) is 1. The van der Waals surface area contributed by atoms with E-state index in [0.29, 0.717) is 0 Å². The van der Waals surface area contributed by atoms with Gasteiger partial charge in [0.2, 0.25) is 15.9 Å². The summed E-state index contributed by atoms with van der Waals surface area (Å²) >= 11 is 0. The Bertz CT molecular complexity index is 419. The zero-order valence-corrected chi connectivity index (χ0v) is 12.9. The molecule has 0 spiro atoms. The zero-order valence-electron chi connectivity index (χ0n) is 12.0. The highest BCUT2D eigenvalue weighted by Gasteiger charge is 2.26. The fourth-order valence-corrected chi connectivity index (χ4v) is 3.08. The average Bonchev–Trinajstić information content (AvgIpc) is 2.34. The van der Waals surface area contributed by atoms with Gasteiger partial charge in [0.25, 0.3) is 0 Å². The Morgan fingerprint density at radius 2 is 1.75 bits per heavy atom. The SMILES string of the molecule is CCN(CC)S(=O)(=O)CC(=O)N(CCOC)CC(=O)O. The summed E-state index contributed by atoms with van der Waals surface area (Å²) in [6.07, 6.45) is 0. The minimum atomic E-state index is -3.72. The van der Waals surface area contributed by atoms with Crippen molar-refractivity contribution < 1.29 is 27.9 Å². The van der Waals surface area contributed by atoms with E-state index in [-0.39, 0.29) is 26.2 Å². The molecule has 8 nitrogen and oxygen atoms in total. The molecule has 0 unspecified atom stereocenters. The van der Waals surface area contributed by atoms with Crippen LogP contribution >= 0.6 is 0 Å². The number of ether oxygens (including phenoxy) is 1. The number of aliphatic carboxylic acids is 1. The van der Waals surface area contributed by atoms with Crippen LogP contribution in [0.3, 0.4) is 0 Å². The maximum atomic E-state index is 12.0. The first-order valence-corrected chi connectivity index (χ1v) is 7.85. The largest absolute Gasteiger partial charge is 0.480 e. The number of methoxy groups -OCH3 is 1. The second-order valence-electron chi connectivity index (χ2n) is 4.04. The third-order valence-corrected chi connectivity index (χ3v) is 4.56. The van der Waals surface area contributed by atoms with Crippen molar-refractivity contribution in [2.24, 2.45) is 0 Å². The third-order valence-electron chi connectivity index (χ3n) is 2.65. The number of rotatable bonds is 10. The number of carboxylic acids is 1. The Morgan fingerprint density at radius 3 is 2.15 bits per heavy atom. The average molecular weight is 310 g/mol. The van der Waals surface area contributed by atoms with Crippen molar-refractivity contribution in [1.82, 2.24) is 9.21 Å². The Morgan fingerprint density at radius 1 is 1.20 bits per heavy atom. The summed E-state index contributed by atoms with van der Waals surface area (Å²) in [7, 11) is -2.31. The van der Waals surface area contributed by atoms with Crippen molar-refractivity contribution in [3.63, 3.8) is 0 Å². The number of carbonyl (C=O) groups is 2. The summed E-state index contributed by atoms with van der Waals surface area (Å²) in [6.45, 7) is 3.51. The van der Waals surface area contributed by atoms with Gasteiger partial charge in [0, 0.05) is 26.7 Å². The number of sulfonamides is 1. The molecule has 0 aliphatic heterocycles. The van der Waals surface area contributed by atoms with E-state index < -0.39 is 34.2 Å². The quantitative estimate of drug-likeness (QED) is 0.567. The lowest BCUT2D eigenvalue weighted by Crippen LogP contribution is -2.44. The number of carbonyl (C=O) groups excluding carboxylic acids is 1. The molecule has 0 fully saturated rings. The Balaban J connectivity index is 4.85. The first kappa shape index (κ1) is 18.8. The van der Waals surface area contributed by atoms with Crippen LogP contribution in [0.2, 0.25) is 0 Å². The van der Waals surface area contributed by atoms with Crippen molar-refractivity contribution in [1.29, 1.82) is 0 Å². The van der Waals surface area contributed by atoms with Gasteiger partial charge in [0.15, 0.2) is 0 Å². The number of hydrogen-bond acceptors (Lipinski definition) is 5. The molecule has 118 valence electrons. The fourth-order valence-electron chi connectivity index (χ4n) is 1.61. The van der Waals surface area contributed by atoms with Gasteiger partial charge in [-0.25, -0.2) is 12.7 Å². The molecule has 1 amide bonds. The van der Waals surface area contributed by atoms with Crippen LogP contribution in [0, 0.1) is 0 Å². The normalized spacial score (nSPS) is 11.6. The maximum absolute atomic E-state index is 12.0. The molecule has 1 N–H and O–H groups in total. The lowest BCUT2D eigenvalue weighted by atomic mass is 10.4. The molecule has 0 radical (unpaired) electrons. The van der Waals surface area contributed by atoms with E-state index in [2.05, 4.69) is 0 Å². The van der Waals surface area contributed by atoms with Crippen molar-refractivity contribution in [2.75, 3.05) is 45.6 Å². The van der Waals surface area contributed by atoms with E-state index in [9.17, 15) is 18.0 Å². The molecule has 0 saturated heterocycles. The van der Waals surface area contributed by atoms with Crippen LogP contribution < -0.4 is 0 Å². The summed E-state index contributed by atoms with van der Waals surface area (Å²) in [5, 5.41) is 8.74. The molecule has 0 saturated carbocycles. The molecule has 0 aliphatic carbocycles. The van der Waals surface area contributed by atoms with Crippen molar-refractivity contribution in [3.05, 3.63) is 0 Å². The minimum absolute atomic E-state index is 0.0371. The van der Waals surface area contributed by atoms with Gasteiger partial charge in [-0.2, -0.15) is 0 Å². The molecule has 9 heteroatoms. The summed E-state index contributed by atoms with van der Waals surface area (Å²) in [5.74, 6) is -2.67. The number of nitrogens with zero attached hydrogens (tertiary/aromatic N) is 2. The maximum Gasteiger partial charge on any atom is 0.323 e. The third kappa shape index (κ3) is 6.31. The molecule has 0 rings (SSSR count). The second kappa shape index (κ2) is 8.88. The van der Waals surface area contributed by atoms with Crippen LogP contribution in [-0.4, -0.2) is 80.3 Å². The van der Waals surface area contributed by atoms with Gasteiger partial charge in [-0.15, -0.1) is 0 Å². The number of amides is 1. The van der Waals surface area contributed by atoms with Crippen LogP contribution in [0.5, 0.6) is 0 Å². The molecule has 0 bridgehead atoms. The highest BCUT2D eigenvalue weighted by Crippen LogP contribution is 2.03. The van der Waals surface area contributed by atoms with Crippen LogP contribution in [0.25, 0.3) is 0 Å². The smallest absolute Gasteiger partial charge is 0.323 e. The van der Waals surface area contributed by atoms with Gasteiger partial charge in [-0.3, -0.25) is 9.59 Å². The molecule has 0 atom stereocenters.